The minimum atomic E-state index is -1.87. The van der Waals surface area contributed by atoms with Crippen LogP contribution in [0.2, 0.25) is 0 Å². The lowest BCUT2D eigenvalue weighted by Crippen LogP contribution is -2.10. The lowest BCUT2D eigenvalue weighted by Gasteiger charge is -1.73. The second kappa shape index (κ2) is 7.49. The Morgan fingerprint density at radius 2 is 1.89 bits per heavy atom. The fraction of sp³-hybridized carbons (Fsp3) is 0.667. The molecule has 1 atom stereocenters. The van der Waals surface area contributed by atoms with E-state index in [-0.39, 0.29) is 6.54 Å². The Kier molecular flexibility index (Phi) is 9.41. The van der Waals surface area contributed by atoms with Crippen molar-refractivity contribution in [2.24, 2.45) is 5.73 Å². The summed E-state index contributed by atoms with van der Waals surface area (Å²) in [5.41, 5.74) is 4.57. The first-order chi connectivity index (χ1) is 4.00. The second-order valence-corrected chi connectivity index (χ2v) is 1.99. The third-order valence-electron chi connectivity index (χ3n) is 0.175. The molecule has 6 heteroatoms. The van der Waals surface area contributed by atoms with Gasteiger partial charge in [-0.15, -0.1) is 0 Å². The number of hydrogen-bond donors (Lipinski definition) is 3. The summed E-state index contributed by atoms with van der Waals surface area (Å²) in [5.74, 6) is -0.968. The lowest BCUT2D eigenvalue weighted by atomic mass is 10.7. The zero-order valence-electron chi connectivity index (χ0n) is 4.94. The molecule has 0 aliphatic heterocycles. The molecule has 9 heavy (non-hydrogen) atoms. The Morgan fingerprint density at radius 3 is 1.89 bits per heavy atom. The van der Waals surface area contributed by atoms with Crippen molar-refractivity contribution in [2.75, 3.05) is 13.2 Å². The SMILES string of the molecule is C[P+](=O)O.NCC(=O)O. The van der Waals surface area contributed by atoms with Crippen molar-refractivity contribution >= 4 is 14.0 Å². The van der Waals surface area contributed by atoms with Crippen LogP contribution in [0.3, 0.4) is 0 Å². The number of hydrogen-bond acceptors (Lipinski definition) is 3. The van der Waals surface area contributed by atoms with Crippen LogP contribution in [0.15, 0.2) is 0 Å². The molecule has 0 aliphatic carbocycles. The zero-order valence-corrected chi connectivity index (χ0v) is 5.84. The van der Waals surface area contributed by atoms with Crippen LogP contribution in [0.1, 0.15) is 0 Å². The van der Waals surface area contributed by atoms with Gasteiger partial charge >= 0.3 is 14.0 Å². The van der Waals surface area contributed by atoms with Crippen LogP contribution >= 0.6 is 8.03 Å². The van der Waals surface area contributed by atoms with Gasteiger partial charge in [-0.25, -0.2) is 0 Å². The number of carboxylic acid groups (broad SMARTS) is 1. The van der Waals surface area contributed by atoms with E-state index in [0.29, 0.717) is 0 Å². The summed E-state index contributed by atoms with van der Waals surface area (Å²) in [4.78, 5) is 16.8. The van der Waals surface area contributed by atoms with Crippen molar-refractivity contribution in [3.63, 3.8) is 0 Å². The topological polar surface area (TPSA) is 101 Å². The summed E-state index contributed by atoms with van der Waals surface area (Å²) in [7, 11) is -1.87. The molecule has 5 nitrogen and oxygen atoms in total. The van der Waals surface area contributed by atoms with Gasteiger partial charge in [-0.2, -0.15) is 4.89 Å². The van der Waals surface area contributed by atoms with E-state index >= 15 is 0 Å². The quantitative estimate of drug-likeness (QED) is 0.437. The van der Waals surface area contributed by atoms with E-state index in [0.717, 1.165) is 0 Å². The van der Waals surface area contributed by atoms with Crippen LogP contribution in [0.5, 0.6) is 0 Å². The number of carboxylic acids is 1. The summed E-state index contributed by atoms with van der Waals surface area (Å²) in [5, 5.41) is 7.60. The van der Waals surface area contributed by atoms with Crippen LogP contribution in [0.25, 0.3) is 0 Å². The summed E-state index contributed by atoms with van der Waals surface area (Å²) in [6.45, 7) is 0.954. The van der Waals surface area contributed by atoms with Gasteiger partial charge in [-0.3, -0.25) is 4.79 Å². The fourth-order valence-electron chi connectivity index (χ4n) is 0. The lowest BCUT2D eigenvalue weighted by molar-refractivity contribution is -0.135. The molecule has 0 saturated heterocycles. The van der Waals surface area contributed by atoms with Gasteiger partial charge in [-0.05, 0) is 4.57 Å². The Hall–Kier alpha value is -0.510. The highest BCUT2D eigenvalue weighted by molar-refractivity contribution is 7.36. The molecule has 0 aromatic carbocycles. The van der Waals surface area contributed by atoms with Crippen molar-refractivity contribution in [3.05, 3.63) is 0 Å². The average Bonchev–Trinajstić information content (AvgIpc) is 1.65. The maximum absolute atomic E-state index is 9.24. The van der Waals surface area contributed by atoms with Gasteiger partial charge in [0, 0.05) is 0 Å². The largest absolute Gasteiger partial charge is 0.502 e. The molecule has 54 valence electrons. The van der Waals surface area contributed by atoms with Gasteiger partial charge in [0.1, 0.15) is 0 Å². The molecule has 4 N–H and O–H groups in total. The van der Waals surface area contributed by atoms with Crippen LogP contribution in [-0.4, -0.2) is 29.2 Å². The molecule has 0 fully saturated rings. The first kappa shape index (κ1) is 11.3. The highest BCUT2D eigenvalue weighted by Gasteiger charge is 1.86. The van der Waals surface area contributed by atoms with E-state index in [1.807, 2.05) is 0 Å². The molecular weight excluding hydrogens is 145 g/mol. The van der Waals surface area contributed by atoms with E-state index in [2.05, 4.69) is 5.73 Å². The van der Waals surface area contributed by atoms with Crippen molar-refractivity contribution in [1.82, 2.24) is 0 Å². The minimum Gasteiger partial charge on any atom is -0.480 e. The van der Waals surface area contributed by atoms with Crippen LogP contribution in [0.4, 0.5) is 0 Å². The number of nitrogens with two attached hydrogens (primary N) is 1. The van der Waals surface area contributed by atoms with Crippen LogP contribution in [0, 0.1) is 0 Å². The summed E-state index contributed by atoms with van der Waals surface area (Å²) in [6, 6.07) is 0. The Bertz CT molecular complexity index is 100.0. The van der Waals surface area contributed by atoms with Gasteiger partial charge in [-0.1, -0.05) is 0 Å². The minimum absolute atomic E-state index is 0.278. The van der Waals surface area contributed by atoms with Crippen molar-refractivity contribution in [3.8, 4) is 0 Å². The van der Waals surface area contributed by atoms with Gasteiger partial charge in [0.15, 0.2) is 6.66 Å². The zero-order chi connectivity index (χ0) is 7.86. The predicted molar refractivity (Wildman–Crippen MR) is 32.4 cm³/mol. The van der Waals surface area contributed by atoms with E-state index in [1.54, 1.807) is 0 Å². The highest BCUT2D eigenvalue weighted by atomic mass is 31.1. The Morgan fingerprint density at radius 1 is 1.78 bits per heavy atom. The van der Waals surface area contributed by atoms with Crippen molar-refractivity contribution in [1.29, 1.82) is 0 Å². The van der Waals surface area contributed by atoms with Gasteiger partial charge in [0.25, 0.3) is 0 Å². The highest BCUT2D eigenvalue weighted by Crippen LogP contribution is 1.99. The molecule has 0 radical (unpaired) electrons. The maximum atomic E-state index is 9.24. The summed E-state index contributed by atoms with van der Waals surface area (Å²) in [6.07, 6.45) is 0. The van der Waals surface area contributed by atoms with Crippen LogP contribution in [-0.2, 0) is 9.36 Å². The normalized spacial score (nSPS) is 9.00. The average molecular weight is 154 g/mol. The molecule has 1 unspecified atom stereocenters. The van der Waals surface area contributed by atoms with E-state index < -0.39 is 14.0 Å². The first-order valence-electron chi connectivity index (χ1n) is 2.02. The van der Waals surface area contributed by atoms with Gasteiger partial charge in [0.2, 0.25) is 0 Å². The molecule has 0 bridgehead atoms. The number of carbonyl (C=O) groups is 1. The van der Waals surface area contributed by atoms with E-state index in [4.69, 9.17) is 14.6 Å². The number of rotatable bonds is 1. The monoisotopic (exact) mass is 154 g/mol. The molecule has 0 amide bonds. The summed E-state index contributed by atoms with van der Waals surface area (Å²) < 4.78 is 9.15. The predicted octanol–water partition coefficient (Wildman–Crippen LogP) is -0.619. The van der Waals surface area contributed by atoms with Crippen LogP contribution < -0.4 is 5.73 Å². The molecule has 0 aromatic rings. The van der Waals surface area contributed by atoms with Crippen molar-refractivity contribution in [2.45, 2.75) is 0 Å². The fourth-order valence-corrected chi connectivity index (χ4v) is 0. The second-order valence-electron chi connectivity index (χ2n) is 1.06. The third-order valence-corrected chi connectivity index (χ3v) is 0.175. The summed E-state index contributed by atoms with van der Waals surface area (Å²) >= 11 is 0. The molecular formula is C3H9NO4P+. The maximum Gasteiger partial charge on any atom is 0.502 e. The van der Waals surface area contributed by atoms with E-state index in [1.165, 1.54) is 6.66 Å². The van der Waals surface area contributed by atoms with Crippen molar-refractivity contribution < 1.29 is 19.4 Å². The Labute approximate surface area is 53.4 Å². The standard InChI is InChI=1S/C2H5NO2.CH3O2P/c3-1-2(4)5;1-4(2)3/h1,3H2,(H,4,5);1H3/p+1. The molecule has 0 aliphatic rings. The molecule has 0 saturated carbocycles. The smallest absolute Gasteiger partial charge is 0.480 e. The molecule has 0 aromatic heterocycles. The first-order valence-corrected chi connectivity index (χ1v) is 3.68. The van der Waals surface area contributed by atoms with Gasteiger partial charge in [0.05, 0.1) is 6.54 Å². The van der Waals surface area contributed by atoms with E-state index in [9.17, 15) is 4.79 Å². The molecule has 0 heterocycles. The third kappa shape index (κ3) is 102. The Balaban J connectivity index is 0. The molecule has 0 rings (SSSR count). The van der Waals surface area contributed by atoms with Gasteiger partial charge < -0.3 is 10.8 Å². The molecule has 0 spiro atoms. The number of aliphatic carboxylic acids is 1.